The van der Waals surface area contributed by atoms with Gasteiger partial charge >= 0.3 is 12.0 Å². The van der Waals surface area contributed by atoms with E-state index >= 15 is 0 Å². The van der Waals surface area contributed by atoms with E-state index in [4.69, 9.17) is 28.3 Å². The van der Waals surface area contributed by atoms with Crippen LogP contribution in [-0.2, 0) is 17.9 Å². The predicted octanol–water partition coefficient (Wildman–Crippen LogP) is 6.13. The number of urea groups is 1. The molecule has 3 aromatic carbocycles. The molecule has 0 spiro atoms. The number of carboxylic acid groups (broad SMARTS) is 1. The number of carbonyl (C=O) groups excluding carboxylic acids is 2. The van der Waals surface area contributed by atoms with Gasteiger partial charge < -0.3 is 20.8 Å². The molecule has 4 N–H and O–H groups in total. The van der Waals surface area contributed by atoms with Crippen LogP contribution in [0.25, 0.3) is 0 Å². The number of amides is 3. The maximum Gasteiger partial charge on any atom is 0.334 e. The molecule has 4 rings (SSSR count). The number of hydrogen-bond acceptors (Lipinski definition) is 4. The summed E-state index contributed by atoms with van der Waals surface area (Å²) in [6.45, 7) is 0.100. The molecule has 0 radical (unpaired) electrons. The van der Waals surface area contributed by atoms with Gasteiger partial charge in [0, 0.05) is 17.8 Å². The lowest BCUT2D eigenvalue weighted by Gasteiger charge is -2.26. The summed E-state index contributed by atoms with van der Waals surface area (Å²) in [7, 11) is 0. The van der Waals surface area contributed by atoms with Crippen molar-refractivity contribution < 1.29 is 24.6 Å². The standard InChI is InChI=1S/C31H33Cl2N3O5/c32-26-15-8-21(16-27(26)33)17-35-31(41)36(25-13-11-23(12-14-25)22-4-2-1-3-5-22)19-20-6-9-24(10-7-20)29(38)34-18-28(37)30(39)40/h6-16,22,28,37H,1-5,17-19H2,(H,34,38)(H,35,41)(H,39,40). The minimum Gasteiger partial charge on any atom is -0.479 e. The Bertz CT molecular complexity index is 1360. The molecule has 216 valence electrons. The molecule has 1 saturated carbocycles. The third kappa shape index (κ3) is 8.45. The Hall–Kier alpha value is -3.59. The van der Waals surface area contributed by atoms with E-state index < -0.39 is 24.5 Å². The maximum absolute atomic E-state index is 13.5. The molecule has 1 atom stereocenters. The van der Waals surface area contributed by atoms with Crippen molar-refractivity contribution in [3.8, 4) is 0 Å². The Morgan fingerprint density at radius 2 is 1.51 bits per heavy atom. The summed E-state index contributed by atoms with van der Waals surface area (Å²) in [5, 5.41) is 24.4. The van der Waals surface area contributed by atoms with Crippen molar-refractivity contribution in [2.24, 2.45) is 0 Å². The van der Waals surface area contributed by atoms with Crippen molar-refractivity contribution in [2.75, 3.05) is 11.4 Å². The van der Waals surface area contributed by atoms with Crippen LogP contribution in [0.5, 0.6) is 0 Å². The van der Waals surface area contributed by atoms with Gasteiger partial charge in [0.15, 0.2) is 6.10 Å². The Labute approximate surface area is 249 Å². The number of nitrogens with zero attached hydrogens (tertiary/aromatic N) is 1. The normalized spacial score (nSPS) is 14.2. The summed E-state index contributed by atoms with van der Waals surface area (Å²) >= 11 is 12.2. The van der Waals surface area contributed by atoms with Crippen LogP contribution in [-0.4, -0.2) is 40.8 Å². The van der Waals surface area contributed by atoms with Gasteiger partial charge in [-0.3, -0.25) is 9.69 Å². The molecule has 0 aromatic heterocycles. The van der Waals surface area contributed by atoms with Gasteiger partial charge in [0.05, 0.1) is 23.1 Å². The molecule has 0 saturated heterocycles. The zero-order chi connectivity index (χ0) is 29.4. The topological polar surface area (TPSA) is 119 Å². The molecule has 0 bridgehead atoms. The molecule has 0 aliphatic heterocycles. The first-order valence-corrected chi connectivity index (χ1v) is 14.3. The number of hydrogen-bond donors (Lipinski definition) is 4. The summed E-state index contributed by atoms with van der Waals surface area (Å²) in [6.07, 6.45) is 4.45. The molecule has 41 heavy (non-hydrogen) atoms. The van der Waals surface area contributed by atoms with Crippen molar-refractivity contribution in [1.82, 2.24) is 10.6 Å². The third-order valence-electron chi connectivity index (χ3n) is 7.25. The largest absolute Gasteiger partial charge is 0.479 e. The van der Waals surface area contributed by atoms with Crippen LogP contribution in [0, 0.1) is 0 Å². The number of halogens is 2. The minimum atomic E-state index is -1.68. The fourth-order valence-corrected chi connectivity index (χ4v) is 5.21. The van der Waals surface area contributed by atoms with Gasteiger partial charge in [0.25, 0.3) is 5.91 Å². The van der Waals surface area contributed by atoms with Crippen molar-refractivity contribution in [2.45, 2.75) is 57.2 Å². The van der Waals surface area contributed by atoms with E-state index in [9.17, 15) is 19.5 Å². The number of carbonyl (C=O) groups is 3. The van der Waals surface area contributed by atoms with Gasteiger partial charge in [-0.05, 0) is 71.8 Å². The molecule has 1 unspecified atom stereocenters. The Kier molecular flexibility index (Phi) is 10.6. The first-order chi connectivity index (χ1) is 19.7. The summed E-state index contributed by atoms with van der Waals surface area (Å²) in [6, 6.07) is 19.7. The molecule has 1 aliphatic carbocycles. The minimum absolute atomic E-state index is 0.246. The van der Waals surface area contributed by atoms with E-state index in [1.807, 2.05) is 12.1 Å². The molecular weight excluding hydrogens is 565 g/mol. The Morgan fingerprint density at radius 3 is 2.15 bits per heavy atom. The van der Waals surface area contributed by atoms with Crippen LogP contribution in [0.2, 0.25) is 10.0 Å². The van der Waals surface area contributed by atoms with Gasteiger partial charge in [0.2, 0.25) is 0 Å². The van der Waals surface area contributed by atoms with Gasteiger partial charge in [-0.1, -0.05) is 72.8 Å². The van der Waals surface area contributed by atoms with Gasteiger partial charge in [-0.2, -0.15) is 0 Å². The molecule has 1 aliphatic rings. The van der Waals surface area contributed by atoms with Crippen LogP contribution < -0.4 is 15.5 Å². The molecule has 3 amide bonds. The monoisotopic (exact) mass is 597 g/mol. The number of aliphatic hydroxyl groups excluding tert-OH is 1. The van der Waals surface area contributed by atoms with Crippen LogP contribution in [0.1, 0.15) is 65.1 Å². The van der Waals surface area contributed by atoms with E-state index in [-0.39, 0.29) is 19.1 Å². The molecule has 1 fully saturated rings. The lowest BCUT2D eigenvalue weighted by Crippen LogP contribution is -2.39. The van der Waals surface area contributed by atoms with E-state index in [1.54, 1.807) is 47.4 Å². The SMILES string of the molecule is O=C(NCC(O)C(=O)O)c1ccc(CN(C(=O)NCc2ccc(Cl)c(Cl)c2)c2ccc(C3CCCCC3)cc2)cc1. The summed E-state index contributed by atoms with van der Waals surface area (Å²) in [5.74, 6) is -1.37. The predicted molar refractivity (Wildman–Crippen MR) is 160 cm³/mol. The smallest absolute Gasteiger partial charge is 0.334 e. The number of benzene rings is 3. The zero-order valence-corrected chi connectivity index (χ0v) is 24.0. The van der Waals surface area contributed by atoms with Crippen molar-refractivity contribution >= 4 is 46.8 Å². The summed E-state index contributed by atoms with van der Waals surface area (Å²) < 4.78 is 0. The second-order valence-electron chi connectivity index (χ2n) is 10.2. The molecule has 0 heterocycles. The lowest BCUT2D eigenvalue weighted by molar-refractivity contribution is -0.146. The molecule has 8 nitrogen and oxygen atoms in total. The number of carboxylic acids is 1. The molecule has 10 heteroatoms. The van der Waals surface area contributed by atoms with Crippen LogP contribution in [0.3, 0.4) is 0 Å². The van der Waals surface area contributed by atoms with E-state index in [2.05, 4.69) is 22.8 Å². The van der Waals surface area contributed by atoms with E-state index in [1.165, 1.54) is 37.7 Å². The van der Waals surface area contributed by atoms with Crippen molar-refractivity contribution in [3.63, 3.8) is 0 Å². The molecular formula is C31H33Cl2N3O5. The first kappa shape index (κ1) is 30.4. The quantitative estimate of drug-likeness (QED) is 0.224. The van der Waals surface area contributed by atoms with Crippen LogP contribution in [0.15, 0.2) is 66.7 Å². The van der Waals surface area contributed by atoms with Crippen molar-refractivity contribution in [1.29, 1.82) is 0 Å². The highest BCUT2D eigenvalue weighted by Gasteiger charge is 2.20. The first-order valence-electron chi connectivity index (χ1n) is 13.6. The average molecular weight is 599 g/mol. The third-order valence-corrected chi connectivity index (χ3v) is 7.99. The second-order valence-corrected chi connectivity index (χ2v) is 11.0. The van der Waals surface area contributed by atoms with E-state index in [0.717, 1.165) is 16.8 Å². The number of rotatable bonds is 10. The fraction of sp³-hybridized carbons (Fsp3) is 0.323. The number of nitrogens with one attached hydrogen (secondary N) is 2. The summed E-state index contributed by atoms with van der Waals surface area (Å²) in [4.78, 5) is 38.2. The highest BCUT2D eigenvalue weighted by molar-refractivity contribution is 6.42. The molecule has 3 aromatic rings. The Morgan fingerprint density at radius 1 is 0.854 bits per heavy atom. The fourth-order valence-electron chi connectivity index (χ4n) is 4.89. The van der Waals surface area contributed by atoms with Gasteiger partial charge in [-0.15, -0.1) is 0 Å². The number of aliphatic carboxylic acids is 1. The second kappa shape index (κ2) is 14.3. The number of anilines is 1. The summed E-state index contributed by atoms with van der Waals surface area (Å²) in [5.41, 5.74) is 3.92. The lowest BCUT2D eigenvalue weighted by atomic mass is 9.84. The Balaban J connectivity index is 1.49. The highest BCUT2D eigenvalue weighted by atomic mass is 35.5. The van der Waals surface area contributed by atoms with Crippen LogP contribution >= 0.6 is 23.2 Å². The van der Waals surface area contributed by atoms with Gasteiger partial charge in [0.1, 0.15) is 0 Å². The van der Waals surface area contributed by atoms with E-state index in [0.29, 0.717) is 21.5 Å². The van der Waals surface area contributed by atoms with Crippen molar-refractivity contribution in [3.05, 3.63) is 99.0 Å². The number of aliphatic hydroxyl groups is 1. The van der Waals surface area contributed by atoms with Crippen LogP contribution in [0.4, 0.5) is 10.5 Å². The highest BCUT2D eigenvalue weighted by Crippen LogP contribution is 2.33. The average Bonchev–Trinajstić information content (AvgIpc) is 2.99. The van der Waals surface area contributed by atoms with Gasteiger partial charge in [-0.25, -0.2) is 9.59 Å². The zero-order valence-electron chi connectivity index (χ0n) is 22.5. The maximum atomic E-state index is 13.5.